The van der Waals surface area contributed by atoms with E-state index in [1.807, 2.05) is 20.8 Å². The third-order valence-corrected chi connectivity index (χ3v) is 4.31. The number of para-hydroxylation sites is 1. The molecule has 3 rings (SSSR count). The predicted molar refractivity (Wildman–Crippen MR) is 93.5 cm³/mol. The summed E-state index contributed by atoms with van der Waals surface area (Å²) in [6.07, 6.45) is 0. The van der Waals surface area contributed by atoms with Gasteiger partial charge in [-0.15, -0.1) is 10.2 Å². The Labute approximate surface area is 153 Å². The fraction of sp³-hybridized carbons (Fsp3) is 0.375. The number of nitrogens with two attached hydrogens (primary N) is 1. The second-order valence-electron chi connectivity index (χ2n) is 6.54. The Balaban J connectivity index is 1.60. The first-order valence-corrected chi connectivity index (χ1v) is 8.85. The summed E-state index contributed by atoms with van der Waals surface area (Å²) < 4.78 is 25.5. The summed E-state index contributed by atoms with van der Waals surface area (Å²) in [5.74, 6) is 7.59. The van der Waals surface area contributed by atoms with Crippen LogP contribution in [0.3, 0.4) is 0 Å². The third-order valence-electron chi connectivity index (χ3n) is 3.37. The van der Waals surface area contributed by atoms with Crippen molar-refractivity contribution in [1.29, 1.82) is 0 Å². The van der Waals surface area contributed by atoms with Gasteiger partial charge in [-0.2, -0.15) is 4.98 Å². The first-order valence-electron chi connectivity index (χ1n) is 7.87. The van der Waals surface area contributed by atoms with Crippen molar-refractivity contribution in [2.75, 3.05) is 5.84 Å². The lowest BCUT2D eigenvalue weighted by Gasteiger charge is -2.10. The van der Waals surface area contributed by atoms with Crippen molar-refractivity contribution < 1.29 is 13.7 Å². The molecule has 1 aromatic carbocycles. The summed E-state index contributed by atoms with van der Waals surface area (Å²) in [4.78, 5) is 4.36. The molecule has 0 fully saturated rings. The lowest BCUT2D eigenvalue weighted by Crippen LogP contribution is -2.16. The number of ether oxygens (including phenoxy) is 1. The van der Waals surface area contributed by atoms with Crippen LogP contribution in [0.1, 0.15) is 38.3 Å². The second kappa shape index (κ2) is 7.32. The molecule has 0 radical (unpaired) electrons. The Hall–Kier alpha value is -2.62. The van der Waals surface area contributed by atoms with Gasteiger partial charge in [0.1, 0.15) is 6.61 Å². The maximum absolute atomic E-state index is 13.6. The molecule has 0 spiro atoms. The van der Waals surface area contributed by atoms with E-state index in [0.29, 0.717) is 28.4 Å². The molecule has 2 aromatic heterocycles. The van der Waals surface area contributed by atoms with Crippen LogP contribution in [0.2, 0.25) is 0 Å². The average molecular weight is 378 g/mol. The average Bonchev–Trinajstić information content (AvgIpc) is 3.19. The minimum Gasteiger partial charge on any atom is -0.482 e. The van der Waals surface area contributed by atoms with Crippen LogP contribution in [0, 0.1) is 5.82 Å². The van der Waals surface area contributed by atoms with E-state index in [9.17, 15) is 4.39 Å². The SMILES string of the molecule is CC(C)(C)c1nc(CSc2nnc(COc3ccccc3F)n2N)no1. The van der Waals surface area contributed by atoms with E-state index in [4.69, 9.17) is 15.1 Å². The minimum atomic E-state index is -0.447. The summed E-state index contributed by atoms with van der Waals surface area (Å²) in [5.41, 5.74) is -0.207. The van der Waals surface area contributed by atoms with E-state index in [1.54, 1.807) is 12.1 Å². The van der Waals surface area contributed by atoms with Gasteiger partial charge < -0.3 is 15.1 Å². The van der Waals surface area contributed by atoms with Gasteiger partial charge in [0.05, 0.1) is 5.75 Å². The molecule has 8 nitrogen and oxygen atoms in total. The van der Waals surface area contributed by atoms with Crippen LogP contribution in [0.25, 0.3) is 0 Å². The highest BCUT2D eigenvalue weighted by atomic mass is 32.2. The summed E-state index contributed by atoms with van der Waals surface area (Å²) in [7, 11) is 0. The number of aromatic nitrogens is 5. The number of rotatable bonds is 6. The molecule has 0 aliphatic heterocycles. The van der Waals surface area contributed by atoms with E-state index in [0.717, 1.165) is 0 Å². The van der Waals surface area contributed by atoms with Crippen molar-refractivity contribution in [3.63, 3.8) is 0 Å². The maximum atomic E-state index is 13.6. The largest absolute Gasteiger partial charge is 0.482 e. The molecular formula is C16H19FN6O2S. The van der Waals surface area contributed by atoms with Crippen LogP contribution >= 0.6 is 11.8 Å². The van der Waals surface area contributed by atoms with E-state index in [1.165, 1.54) is 28.6 Å². The van der Waals surface area contributed by atoms with Crippen molar-refractivity contribution in [3.05, 3.63) is 47.6 Å². The third kappa shape index (κ3) is 4.13. The van der Waals surface area contributed by atoms with Gasteiger partial charge in [0.2, 0.25) is 11.0 Å². The topological polar surface area (TPSA) is 105 Å². The number of hydrogen-bond donors (Lipinski definition) is 1. The summed E-state index contributed by atoms with van der Waals surface area (Å²) in [5, 5.41) is 12.4. The number of halogens is 1. The molecule has 0 saturated carbocycles. The van der Waals surface area contributed by atoms with Gasteiger partial charge in [-0.1, -0.05) is 49.8 Å². The number of thioether (sulfide) groups is 1. The van der Waals surface area contributed by atoms with Crippen LogP contribution < -0.4 is 10.6 Å². The fourth-order valence-electron chi connectivity index (χ4n) is 1.95. The molecule has 0 aliphatic carbocycles. The van der Waals surface area contributed by atoms with Crippen LogP contribution in [-0.4, -0.2) is 25.0 Å². The standard InChI is InChI=1S/C16H19FN6O2S/c1-16(2,3)14-19-12(22-25-14)9-26-15-21-20-13(23(15)18)8-24-11-7-5-4-6-10(11)17/h4-7H,8-9,18H2,1-3H3. The molecule has 10 heteroatoms. The molecule has 0 unspecified atom stereocenters. The maximum Gasteiger partial charge on any atom is 0.232 e. The number of nitrogens with zero attached hydrogens (tertiary/aromatic N) is 5. The van der Waals surface area contributed by atoms with Crippen molar-refractivity contribution >= 4 is 11.8 Å². The van der Waals surface area contributed by atoms with Gasteiger partial charge >= 0.3 is 0 Å². The highest BCUT2D eigenvalue weighted by molar-refractivity contribution is 7.98. The van der Waals surface area contributed by atoms with Crippen LogP contribution in [0.15, 0.2) is 33.9 Å². The van der Waals surface area contributed by atoms with Gasteiger partial charge in [-0.3, -0.25) is 0 Å². The monoisotopic (exact) mass is 378 g/mol. The quantitative estimate of drug-likeness (QED) is 0.516. The molecule has 2 N–H and O–H groups in total. The highest BCUT2D eigenvalue weighted by Gasteiger charge is 2.22. The van der Waals surface area contributed by atoms with Gasteiger partial charge in [0.15, 0.2) is 23.2 Å². The molecule has 0 amide bonds. The van der Waals surface area contributed by atoms with E-state index < -0.39 is 5.82 Å². The molecule has 0 atom stereocenters. The first kappa shape index (κ1) is 18.2. The Morgan fingerprint density at radius 2 is 2.04 bits per heavy atom. The predicted octanol–water partition coefficient (Wildman–Crippen LogP) is 2.68. The van der Waals surface area contributed by atoms with Crippen molar-refractivity contribution in [3.8, 4) is 5.75 Å². The van der Waals surface area contributed by atoms with Gasteiger partial charge in [-0.25, -0.2) is 9.07 Å². The minimum absolute atomic E-state index is 0.00137. The number of hydrogen-bond acceptors (Lipinski definition) is 8. The van der Waals surface area contributed by atoms with Crippen LogP contribution in [0.5, 0.6) is 5.75 Å². The second-order valence-corrected chi connectivity index (χ2v) is 7.48. The number of nitrogen functional groups attached to an aromatic ring is 1. The Bertz CT molecular complexity index is 889. The summed E-state index contributed by atoms with van der Waals surface area (Å²) in [6.45, 7) is 5.99. The lowest BCUT2D eigenvalue weighted by atomic mass is 9.97. The number of benzene rings is 1. The molecular weight excluding hydrogens is 359 g/mol. The van der Waals surface area contributed by atoms with Gasteiger partial charge in [-0.05, 0) is 12.1 Å². The zero-order valence-electron chi connectivity index (χ0n) is 14.6. The molecule has 0 aliphatic rings. The van der Waals surface area contributed by atoms with Crippen LogP contribution in [0.4, 0.5) is 4.39 Å². The molecule has 138 valence electrons. The van der Waals surface area contributed by atoms with E-state index >= 15 is 0 Å². The molecule has 0 bridgehead atoms. The molecule has 2 heterocycles. The van der Waals surface area contributed by atoms with Crippen molar-refractivity contribution in [2.45, 2.75) is 43.7 Å². The Morgan fingerprint density at radius 3 is 2.73 bits per heavy atom. The first-order chi connectivity index (χ1) is 12.3. The van der Waals surface area contributed by atoms with E-state index in [2.05, 4.69) is 20.3 Å². The smallest absolute Gasteiger partial charge is 0.232 e. The van der Waals surface area contributed by atoms with Gasteiger partial charge in [0, 0.05) is 5.41 Å². The zero-order valence-corrected chi connectivity index (χ0v) is 15.5. The van der Waals surface area contributed by atoms with Gasteiger partial charge in [0.25, 0.3) is 0 Å². The Morgan fingerprint density at radius 1 is 1.27 bits per heavy atom. The summed E-state index contributed by atoms with van der Waals surface area (Å²) >= 11 is 1.32. The van der Waals surface area contributed by atoms with E-state index in [-0.39, 0.29) is 17.8 Å². The highest BCUT2D eigenvalue weighted by Crippen LogP contribution is 2.23. The molecule has 3 aromatic rings. The van der Waals surface area contributed by atoms with Crippen LogP contribution in [-0.2, 0) is 17.8 Å². The summed E-state index contributed by atoms with van der Waals surface area (Å²) in [6, 6.07) is 6.13. The lowest BCUT2D eigenvalue weighted by molar-refractivity contribution is 0.277. The fourth-order valence-corrected chi connectivity index (χ4v) is 2.67. The Kier molecular flexibility index (Phi) is 5.12. The van der Waals surface area contributed by atoms with Crippen molar-refractivity contribution in [2.24, 2.45) is 0 Å². The van der Waals surface area contributed by atoms with Crippen molar-refractivity contribution in [1.82, 2.24) is 25.0 Å². The molecule has 0 saturated heterocycles. The molecule has 26 heavy (non-hydrogen) atoms. The normalized spacial score (nSPS) is 11.7. The zero-order chi connectivity index (χ0) is 18.7.